The highest BCUT2D eigenvalue weighted by molar-refractivity contribution is 4.76. The van der Waals surface area contributed by atoms with Crippen molar-refractivity contribution in [2.45, 2.75) is 38.6 Å². The quantitative estimate of drug-likeness (QED) is 0.768. The van der Waals surface area contributed by atoms with E-state index in [2.05, 4.69) is 17.1 Å². The van der Waals surface area contributed by atoms with Crippen molar-refractivity contribution in [3.8, 4) is 0 Å². The largest absolute Gasteiger partial charge is 0.381 e. The molecule has 0 aliphatic carbocycles. The van der Waals surface area contributed by atoms with E-state index >= 15 is 0 Å². The molecule has 0 radical (unpaired) electrons. The Morgan fingerprint density at radius 1 is 1.31 bits per heavy atom. The number of nitrogens with zero attached hydrogens (tertiary/aromatic N) is 1. The van der Waals surface area contributed by atoms with Crippen molar-refractivity contribution in [3.05, 3.63) is 0 Å². The van der Waals surface area contributed by atoms with Gasteiger partial charge in [-0.3, -0.25) is 0 Å². The molecule has 16 heavy (non-hydrogen) atoms. The average Bonchev–Trinajstić information content (AvgIpc) is 2.84. The number of hydrogen-bond donors (Lipinski definition) is 1. The number of rotatable bonds is 5. The molecule has 2 rings (SSSR count). The van der Waals surface area contributed by atoms with Crippen LogP contribution in [0.25, 0.3) is 0 Å². The monoisotopic (exact) mass is 226 g/mol. The van der Waals surface area contributed by atoms with Gasteiger partial charge in [-0.15, -0.1) is 0 Å². The summed E-state index contributed by atoms with van der Waals surface area (Å²) in [6.07, 6.45) is 5.45. The Hall–Kier alpha value is -0.120. The van der Waals surface area contributed by atoms with Gasteiger partial charge in [0.15, 0.2) is 0 Å². The highest BCUT2D eigenvalue weighted by atomic mass is 16.5. The van der Waals surface area contributed by atoms with Crippen molar-refractivity contribution >= 4 is 0 Å². The summed E-state index contributed by atoms with van der Waals surface area (Å²) in [5.74, 6) is 0.737. The van der Waals surface area contributed by atoms with Crippen LogP contribution in [0.5, 0.6) is 0 Å². The number of hydrogen-bond acceptors (Lipinski definition) is 3. The lowest BCUT2D eigenvalue weighted by atomic mass is 10.0. The molecule has 2 fully saturated rings. The molecule has 3 nitrogen and oxygen atoms in total. The van der Waals surface area contributed by atoms with Crippen LogP contribution in [0.15, 0.2) is 0 Å². The maximum Gasteiger partial charge on any atom is 0.0509 e. The summed E-state index contributed by atoms with van der Waals surface area (Å²) in [5.41, 5.74) is 0. The van der Waals surface area contributed by atoms with Crippen molar-refractivity contribution < 1.29 is 4.74 Å². The van der Waals surface area contributed by atoms with Crippen LogP contribution in [-0.2, 0) is 4.74 Å². The lowest BCUT2D eigenvalue weighted by Crippen LogP contribution is -2.41. The summed E-state index contributed by atoms with van der Waals surface area (Å²) in [6.45, 7) is 9.19. The minimum Gasteiger partial charge on any atom is -0.381 e. The van der Waals surface area contributed by atoms with Crippen LogP contribution in [0.1, 0.15) is 32.6 Å². The van der Waals surface area contributed by atoms with E-state index in [1.54, 1.807) is 0 Å². The molecule has 0 aromatic rings. The van der Waals surface area contributed by atoms with Crippen LogP contribution in [0.3, 0.4) is 0 Å². The van der Waals surface area contributed by atoms with Gasteiger partial charge in [-0.05, 0) is 45.2 Å². The first-order valence-electron chi connectivity index (χ1n) is 6.90. The second-order valence-electron chi connectivity index (χ2n) is 5.27. The second kappa shape index (κ2) is 6.58. The molecular weight excluding hydrogens is 200 g/mol. The van der Waals surface area contributed by atoms with Crippen molar-refractivity contribution in [2.24, 2.45) is 5.92 Å². The van der Waals surface area contributed by atoms with Crippen LogP contribution < -0.4 is 5.32 Å². The van der Waals surface area contributed by atoms with Gasteiger partial charge >= 0.3 is 0 Å². The van der Waals surface area contributed by atoms with Gasteiger partial charge in [-0.25, -0.2) is 0 Å². The SMILES string of the molecule is CC(NCCN1CCCCC1)C1CCOC1. The normalized spacial score (nSPS) is 29.4. The van der Waals surface area contributed by atoms with E-state index in [-0.39, 0.29) is 0 Å². The number of ether oxygens (including phenoxy) is 1. The first-order chi connectivity index (χ1) is 7.86. The Kier molecular flexibility index (Phi) is 5.07. The molecule has 0 bridgehead atoms. The molecule has 1 N–H and O–H groups in total. The number of likely N-dealkylation sites (tertiary alicyclic amines) is 1. The van der Waals surface area contributed by atoms with Crippen LogP contribution in [0.2, 0.25) is 0 Å². The molecular formula is C13H26N2O. The fourth-order valence-corrected chi connectivity index (χ4v) is 2.75. The molecule has 2 unspecified atom stereocenters. The Morgan fingerprint density at radius 3 is 2.81 bits per heavy atom. The van der Waals surface area contributed by atoms with Gasteiger partial charge in [0.2, 0.25) is 0 Å². The van der Waals surface area contributed by atoms with Gasteiger partial charge in [0, 0.05) is 25.7 Å². The van der Waals surface area contributed by atoms with Crippen LogP contribution in [-0.4, -0.2) is 50.3 Å². The van der Waals surface area contributed by atoms with Gasteiger partial charge in [0.05, 0.1) is 6.61 Å². The molecule has 0 amide bonds. The van der Waals surface area contributed by atoms with Crippen molar-refractivity contribution in [1.29, 1.82) is 0 Å². The summed E-state index contributed by atoms with van der Waals surface area (Å²) in [7, 11) is 0. The summed E-state index contributed by atoms with van der Waals surface area (Å²) in [5, 5.41) is 3.65. The predicted molar refractivity (Wildman–Crippen MR) is 66.7 cm³/mol. The Labute approximate surface area is 99.5 Å². The zero-order chi connectivity index (χ0) is 11.2. The third-order valence-corrected chi connectivity index (χ3v) is 4.02. The highest BCUT2D eigenvalue weighted by Crippen LogP contribution is 2.16. The molecule has 2 heterocycles. The van der Waals surface area contributed by atoms with E-state index in [0.717, 1.165) is 25.7 Å². The predicted octanol–water partition coefficient (Wildman–Crippen LogP) is 1.49. The summed E-state index contributed by atoms with van der Waals surface area (Å²) < 4.78 is 5.42. The Morgan fingerprint density at radius 2 is 2.12 bits per heavy atom. The smallest absolute Gasteiger partial charge is 0.0509 e. The highest BCUT2D eigenvalue weighted by Gasteiger charge is 2.21. The van der Waals surface area contributed by atoms with Crippen molar-refractivity contribution in [2.75, 3.05) is 39.4 Å². The van der Waals surface area contributed by atoms with Crippen molar-refractivity contribution in [1.82, 2.24) is 10.2 Å². The summed E-state index contributed by atoms with van der Waals surface area (Å²) in [6, 6.07) is 0.618. The maximum atomic E-state index is 5.42. The topological polar surface area (TPSA) is 24.5 Å². The molecule has 94 valence electrons. The van der Waals surface area contributed by atoms with Gasteiger partial charge in [-0.1, -0.05) is 6.42 Å². The van der Waals surface area contributed by atoms with E-state index in [0.29, 0.717) is 6.04 Å². The lowest BCUT2D eigenvalue weighted by molar-refractivity contribution is 0.176. The van der Waals surface area contributed by atoms with E-state index in [9.17, 15) is 0 Å². The minimum absolute atomic E-state index is 0.618. The van der Waals surface area contributed by atoms with Crippen LogP contribution in [0, 0.1) is 5.92 Å². The lowest BCUT2D eigenvalue weighted by Gasteiger charge is -2.27. The molecule has 2 aliphatic heterocycles. The van der Waals surface area contributed by atoms with Gasteiger partial charge in [0.25, 0.3) is 0 Å². The molecule has 2 saturated heterocycles. The average molecular weight is 226 g/mol. The summed E-state index contributed by atoms with van der Waals surface area (Å²) in [4.78, 5) is 2.59. The zero-order valence-corrected chi connectivity index (χ0v) is 10.6. The fraction of sp³-hybridized carbons (Fsp3) is 1.00. The van der Waals surface area contributed by atoms with E-state index in [1.807, 2.05) is 0 Å². The first-order valence-corrected chi connectivity index (χ1v) is 6.90. The third kappa shape index (κ3) is 3.72. The molecule has 0 aromatic heterocycles. The number of nitrogens with one attached hydrogen (secondary N) is 1. The van der Waals surface area contributed by atoms with Crippen molar-refractivity contribution in [3.63, 3.8) is 0 Å². The van der Waals surface area contributed by atoms with Crippen LogP contribution >= 0.6 is 0 Å². The van der Waals surface area contributed by atoms with Gasteiger partial charge in [0.1, 0.15) is 0 Å². The third-order valence-electron chi connectivity index (χ3n) is 4.02. The van der Waals surface area contributed by atoms with E-state index in [1.165, 1.54) is 45.3 Å². The van der Waals surface area contributed by atoms with E-state index < -0.39 is 0 Å². The number of piperidine rings is 1. The molecule has 0 aromatic carbocycles. The maximum absolute atomic E-state index is 5.42. The molecule has 2 aliphatic rings. The molecule has 3 heteroatoms. The van der Waals surface area contributed by atoms with E-state index in [4.69, 9.17) is 4.74 Å². The summed E-state index contributed by atoms with van der Waals surface area (Å²) >= 11 is 0. The fourth-order valence-electron chi connectivity index (χ4n) is 2.75. The Bertz CT molecular complexity index is 186. The van der Waals surface area contributed by atoms with Crippen LogP contribution in [0.4, 0.5) is 0 Å². The zero-order valence-electron chi connectivity index (χ0n) is 10.6. The minimum atomic E-state index is 0.618. The van der Waals surface area contributed by atoms with Gasteiger partial charge in [-0.2, -0.15) is 0 Å². The second-order valence-corrected chi connectivity index (χ2v) is 5.27. The standard InChI is InChI=1S/C13H26N2O/c1-12(13-5-10-16-11-13)14-6-9-15-7-3-2-4-8-15/h12-14H,2-11H2,1H3. The molecule has 2 atom stereocenters. The van der Waals surface area contributed by atoms with Gasteiger partial charge < -0.3 is 15.0 Å². The molecule has 0 saturated carbocycles. The Balaban J connectivity index is 1.56. The molecule has 0 spiro atoms. The first kappa shape index (κ1) is 12.3.